The highest BCUT2D eigenvalue weighted by Gasteiger charge is 2.31. The van der Waals surface area contributed by atoms with Crippen LogP contribution in [0, 0.1) is 0 Å². The Morgan fingerprint density at radius 1 is 1.46 bits per heavy atom. The van der Waals surface area contributed by atoms with Crippen LogP contribution in [0.4, 0.5) is 0 Å². The summed E-state index contributed by atoms with van der Waals surface area (Å²) in [6.07, 6.45) is 0. The molecule has 0 unspecified atom stereocenters. The number of aliphatic carboxylic acids is 2. The molecule has 0 saturated heterocycles. The number of halogens is 1. The van der Waals surface area contributed by atoms with Crippen molar-refractivity contribution >= 4 is 34.9 Å². The van der Waals surface area contributed by atoms with Crippen molar-refractivity contribution < 1.29 is 19.8 Å². The summed E-state index contributed by atoms with van der Waals surface area (Å²) >= 11 is 6.40. The van der Waals surface area contributed by atoms with Crippen LogP contribution >= 0.6 is 22.9 Å². The van der Waals surface area contributed by atoms with Crippen LogP contribution in [-0.4, -0.2) is 27.1 Å². The van der Waals surface area contributed by atoms with Crippen LogP contribution in [0.5, 0.6) is 0 Å². The van der Waals surface area contributed by atoms with Gasteiger partial charge in [0.15, 0.2) is 5.92 Å². The van der Waals surface area contributed by atoms with E-state index in [0.29, 0.717) is 0 Å². The third-order valence-electron chi connectivity index (χ3n) is 1.31. The SMILES string of the molecule is O=C(O)C(C(=O)O)c1scnc1Cl. The number of carboxylic acid groups (broad SMARTS) is 2. The van der Waals surface area contributed by atoms with E-state index in [9.17, 15) is 9.59 Å². The van der Waals surface area contributed by atoms with Crippen LogP contribution in [-0.2, 0) is 9.59 Å². The quantitative estimate of drug-likeness (QED) is 0.745. The van der Waals surface area contributed by atoms with E-state index in [-0.39, 0.29) is 10.0 Å². The average molecular weight is 222 g/mol. The lowest BCUT2D eigenvalue weighted by Crippen LogP contribution is -2.20. The monoisotopic (exact) mass is 221 g/mol. The molecule has 0 aromatic carbocycles. The van der Waals surface area contributed by atoms with Crippen molar-refractivity contribution in [2.24, 2.45) is 0 Å². The van der Waals surface area contributed by atoms with Crippen LogP contribution in [0.3, 0.4) is 0 Å². The molecule has 0 aliphatic carbocycles. The molecule has 0 saturated carbocycles. The molecule has 0 spiro atoms. The van der Waals surface area contributed by atoms with Gasteiger partial charge in [-0.05, 0) is 0 Å². The Kier molecular flexibility index (Phi) is 2.84. The smallest absolute Gasteiger partial charge is 0.323 e. The molecular weight excluding hydrogens is 218 g/mol. The molecule has 0 radical (unpaired) electrons. The summed E-state index contributed by atoms with van der Waals surface area (Å²) in [5, 5.41) is 17.1. The minimum atomic E-state index is -1.63. The summed E-state index contributed by atoms with van der Waals surface area (Å²) in [5.74, 6) is -4.52. The van der Waals surface area contributed by atoms with Crippen molar-refractivity contribution in [1.29, 1.82) is 0 Å². The maximum absolute atomic E-state index is 10.5. The molecule has 0 aliphatic heterocycles. The summed E-state index contributed by atoms with van der Waals surface area (Å²) < 4.78 is 0. The molecule has 1 heterocycles. The predicted molar refractivity (Wildman–Crippen MR) is 45.1 cm³/mol. The Balaban J connectivity index is 3.09. The zero-order valence-corrected chi connectivity index (χ0v) is 7.67. The fraction of sp³-hybridized carbons (Fsp3) is 0.167. The largest absolute Gasteiger partial charge is 0.480 e. The molecule has 0 amide bonds. The first-order chi connectivity index (χ1) is 6.04. The molecule has 5 nitrogen and oxygen atoms in total. The Labute approximate surface area is 81.6 Å². The maximum Gasteiger partial charge on any atom is 0.323 e. The summed E-state index contributed by atoms with van der Waals surface area (Å²) in [5.41, 5.74) is 1.30. The Bertz CT molecular complexity index is 336. The molecule has 1 rings (SSSR count). The standard InChI is InChI=1S/C6H4ClNO4S/c7-4-3(13-1-8-4)2(5(9)10)6(11)12/h1-2H,(H,9,10)(H,11,12). The molecule has 0 bridgehead atoms. The van der Waals surface area contributed by atoms with Gasteiger partial charge in [0.2, 0.25) is 0 Å². The molecule has 0 fully saturated rings. The minimum Gasteiger partial charge on any atom is -0.480 e. The van der Waals surface area contributed by atoms with E-state index in [4.69, 9.17) is 21.8 Å². The van der Waals surface area contributed by atoms with Crippen LogP contribution in [0.2, 0.25) is 5.15 Å². The number of carbonyl (C=O) groups is 2. The molecule has 70 valence electrons. The number of hydrogen-bond donors (Lipinski definition) is 2. The first-order valence-corrected chi connectivity index (χ1v) is 4.34. The highest BCUT2D eigenvalue weighted by Crippen LogP contribution is 2.28. The third kappa shape index (κ3) is 1.96. The van der Waals surface area contributed by atoms with Crippen molar-refractivity contribution in [2.75, 3.05) is 0 Å². The first kappa shape index (κ1) is 9.94. The molecular formula is C6H4ClNO4S. The van der Waals surface area contributed by atoms with E-state index in [0.717, 1.165) is 11.3 Å². The zero-order chi connectivity index (χ0) is 10.0. The van der Waals surface area contributed by atoms with Gasteiger partial charge in [0.25, 0.3) is 0 Å². The number of nitrogens with zero attached hydrogens (tertiary/aromatic N) is 1. The van der Waals surface area contributed by atoms with Crippen molar-refractivity contribution in [3.05, 3.63) is 15.5 Å². The van der Waals surface area contributed by atoms with Gasteiger partial charge < -0.3 is 10.2 Å². The van der Waals surface area contributed by atoms with Gasteiger partial charge in [-0.2, -0.15) is 0 Å². The van der Waals surface area contributed by atoms with E-state index in [1.807, 2.05) is 0 Å². The van der Waals surface area contributed by atoms with Gasteiger partial charge in [0, 0.05) is 0 Å². The highest BCUT2D eigenvalue weighted by molar-refractivity contribution is 7.10. The van der Waals surface area contributed by atoms with Gasteiger partial charge in [-0.1, -0.05) is 11.6 Å². The lowest BCUT2D eigenvalue weighted by Gasteiger charge is -2.03. The van der Waals surface area contributed by atoms with E-state index in [1.54, 1.807) is 0 Å². The molecule has 13 heavy (non-hydrogen) atoms. The molecule has 0 aliphatic rings. The second-order valence-electron chi connectivity index (χ2n) is 2.12. The fourth-order valence-corrected chi connectivity index (χ4v) is 1.87. The van der Waals surface area contributed by atoms with Crippen molar-refractivity contribution in [1.82, 2.24) is 4.98 Å². The van der Waals surface area contributed by atoms with Crippen molar-refractivity contribution in [3.63, 3.8) is 0 Å². The van der Waals surface area contributed by atoms with Gasteiger partial charge in [-0.15, -0.1) is 11.3 Å². The fourth-order valence-electron chi connectivity index (χ4n) is 0.759. The molecule has 7 heteroatoms. The predicted octanol–water partition coefficient (Wildman–Crippen LogP) is 1.05. The van der Waals surface area contributed by atoms with Crippen LogP contribution in [0.1, 0.15) is 10.8 Å². The van der Waals surface area contributed by atoms with E-state index in [2.05, 4.69) is 4.98 Å². The third-order valence-corrected chi connectivity index (χ3v) is 2.61. The van der Waals surface area contributed by atoms with Gasteiger partial charge in [-0.3, -0.25) is 9.59 Å². The second-order valence-corrected chi connectivity index (χ2v) is 3.36. The normalized spacial score (nSPS) is 10.3. The highest BCUT2D eigenvalue weighted by atomic mass is 35.5. The lowest BCUT2D eigenvalue weighted by molar-refractivity contribution is -0.149. The van der Waals surface area contributed by atoms with Crippen molar-refractivity contribution in [3.8, 4) is 0 Å². The summed E-state index contributed by atoms with van der Waals surface area (Å²) in [6, 6.07) is 0. The van der Waals surface area contributed by atoms with Crippen LogP contribution < -0.4 is 0 Å². The average Bonchev–Trinajstić information content (AvgIpc) is 2.35. The van der Waals surface area contributed by atoms with Gasteiger partial charge in [0.05, 0.1) is 10.4 Å². The van der Waals surface area contributed by atoms with E-state index in [1.165, 1.54) is 5.51 Å². The minimum absolute atomic E-state index is 0.0432. The Morgan fingerprint density at radius 3 is 2.31 bits per heavy atom. The number of carboxylic acids is 2. The number of rotatable bonds is 3. The van der Waals surface area contributed by atoms with Crippen LogP contribution in [0.15, 0.2) is 5.51 Å². The number of hydrogen-bond acceptors (Lipinski definition) is 4. The lowest BCUT2D eigenvalue weighted by atomic mass is 10.1. The first-order valence-electron chi connectivity index (χ1n) is 3.08. The van der Waals surface area contributed by atoms with Gasteiger partial charge >= 0.3 is 11.9 Å². The molecule has 2 N–H and O–H groups in total. The topological polar surface area (TPSA) is 87.5 Å². The molecule has 1 aromatic heterocycles. The van der Waals surface area contributed by atoms with Gasteiger partial charge in [-0.25, -0.2) is 4.98 Å². The zero-order valence-electron chi connectivity index (χ0n) is 6.10. The number of thiazole rings is 1. The van der Waals surface area contributed by atoms with Crippen LogP contribution in [0.25, 0.3) is 0 Å². The maximum atomic E-state index is 10.5. The summed E-state index contributed by atoms with van der Waals surface area (Å²) in [4.78, 5) is 24.7. The van der Waals surface area contributed by atoms with E-state index >= 15 is 0 Å². The van der Waals surface area contributed by atoms with E-state index < -0.39 is 17.9 Å². The summed E-state index contributed by atoms with van der Waals surface area (Å²) in [6.45, 7) is 0. The van der Waals surface area contributed by atoms with Crippen molar-refractivity contribution in [2.45, 2.75) is 5.92 Å². The number of aromatic nitrogens is 1. The van der Waals surface area contributed by atoms with Gasteiger partial charge in [0.1, 0.15) is 5.15 Å². The Morgan fingerprint density at radius 2 is 2.00 bits per heavy atom. The summed E-state index contributed by atoms with van der Waals surface area (Å²) in [7, 11) is 0. The molecule has 0 atom stereocenters. The second kappa shape index (κ2) is 3.71. The molecule has 1 aromatic rings. The Hall–Kier alpha value is -1.14.